The smallest absolute Gasteiger partial charge is 0.0904 e. The van der Waals surface area contributed by atoms with Gasteiger partial charge in [0.2, 0.25) is 0 Å². The lowest BCUT2D eigenvalue weighted by Crippen LogP contribution is -2.20. The Bertz CT molecular complexity index is 444. The maximum absolute atomic E-state index is 4.72. The van der Waals surface area contributed by atoms with Crippen LogP contribution in [0.5, 0.6) is 0 Å². The van der Waals surface area contributed by atoms with Crippen molar-refractivity contribution in [1.82, 2.24) is 4.98 Å². The highest BCUT2D eigenvalue weighted by molar-refractivity contribution is 7.11. The van der Waals surface area contributed by atoms with Crippen LogP contribution in [-0.4, -0.2) is 4.98 Å². The van der Waals surface area contributed by atoms with Gasteiger partial charge in [-0.2, -0.15) is 0 Å². The highest BCUT2D eigenvalue weighted by atomic mass is 32.1. The Morgan fingerprint density at radius 2 is 2.05 bits per heavy atom. The Hall–Kier alpha value is -0.630. The van der Waals surface area contributed by atoms with Crippen LogP contribution in [0.1, 0.15) is 68.5 Å². The zero-order valence-corrected chi connectivity index (χ0v) is 13.8. The van der Waals surface area contributed by atoms with Crippen LogP contribution in [-0.2, 0) is 0 Å². The fourth-order valence-electron chi connectivity index (χ4n) is 2.57. The minimum absolute atomic E-state index is 0.752. The number of aromatic nitrogens is 1. The third kappa shape index (κ3) is 3.47. The highest BCUT2D eigenvalue weighted by Crippen LogP contribution is 2.45. The van der Waals surface area contributed by atoms with Crippen LogP contribution in [0.2, 0.25) is 0 Å². The molecule has 1 aliphatic rings. The maximum atomic E-state index is 4.72. The van der Waals surface area contributed by atoms with Gasteiger partial charge in [-0.3, -0.25) is 0 Å². The Morgan fingerprint density at radius 1 is 1.32 bits per heavy atom. The Balaban J connectivity index is 2.05. The van der Waals surface area contributed by atoms with Crippen LogP contribution in [0.15, 0.2) is 6.08 Å². The van der Waals surface area contributed by atoms with Crippen LogP contribution in [0.3, 0.4) is 0 Å². The van der Waals surface area contributed by atoms with Crippen LogP contribution in [0, 0.1) is 24.7 Å². The predicted molar refractivity (Wildman–Crippen MR) is 85.6 cm³/mol. The summed E-state index contributed by atoms with van der Waals surface area (Å²) in [6.07, 6.45) is 8.49. The van der Waals surface area contributed by atoms with Crippen molar-refractivity contribution in [3.8, 4) is 0 Å². The molecule has 0 saturated heterocycles. The first-order valence-corrected chi connectivity index (χ1v) is 8.44. The summed E-state index contributed by atoms with van der Waals surface area (Å²) >= 11 is 1.90. The topological polar surface area (TPSA) is 12.9 Å². The molecule has 1 aromatic heterocycles. The first-order chi connectivity index (χ1) is 8.99. The Kier molecular flexibility index (Phi) is 4.83. The van der Waals surface area contributed by atoms with Gasteiger partial charge in [-0.25, -0.2) is 4.98 Å². The van der Waals surface area contributed by atoms with Crippen molar-refractivity contribution in [2.75, 3.05) is 0 Å². The Labute approximate surface area is 122 Å². The molecule has 0 radical (unpaired) electrons. The molecule has 0 bridgehead atoms. The third-order valence-corrected chi connectivity index (χ3v) is 5.78. The van der Waals surface area contributed by atoms with Crippen LogP contribution in [0.25, 0.3) is 6.08 Å². The molecule has 1 aromatic rings. The average molecular weight is 277 g/mol. The molecule has 1 fully saturated rings. The molecule has 0 N–H and O–H groups in total. The first kappa shape index (κ1) is 14.8. The molecule has 0 amide bonds. The fourth-order valence-corrected chi connectivity index (χ4v) is 3.75. The SMILES string of the molecule is Cc1nc(/C=C\CC(C)C(C)C)c(C2CCC2C)s1. The molecule has 0 spiro atoms. The molecule has 2 heteroatoms. The highest BCUT2D eigenvalue weighted by Gasteiger charge is 2.31. The van der Waals surface area contributed by atoms with E-state index in [4.69, 9.17) is 4.98 Å². The van der Waals surface area contributed by atoms with E-state index in [0.29, 0.717) is 0 Å². The third-order valence-electron chi connectivity index (χ3n) is 4.67. The normalized spacial score (nSPS) is 24.9. The van der Waals surface area contributed by atoms with Crippen molar-refractivity contribution in [3.05, 3.63) is 21.7 Å². The molecule has 0 aliphatic heterocycles. The summed E-state index contributed by atoms with van der Waals surface area (Å²) in [5, 5.41) is 1.21. The fraction of sp³-hybridized carbons (Fsp3) is 0.706. The van der Waals surface area contributed by atoms with E-state index in [1.165, 1.54) is 28.4 Å². The lowest BCUT2D eigenvalue weighted by molar-refractivity contribution is 0.284. The van der Waals surface area contributed by atoms with Crippen molar-refractivity contribution >= 4 is 17.4 Å². The van der Waals surface area contributed by atoms with E-state index in [2.05, 4.69) is 46.8 Å². The van der Waals surface area contributed by atoms with Crippen LogP contribution >= 0.6 is 11.3 Å². The number of thiazole rings is 1. The molecular formula is C17H27NS. The van der Waals surface area contributed by atoms with Crippen molar-refractivity contribution in [2.45, 2.75) is 59.8 Å². The largest absolute Gasteiger partial charge is 0.242 e. The van der Waals surface area contributed by atoms with Gasteiger partial charge < -0.3 is 0 Å². The number of allylic oxidation sites excluding steroid dienone is 1. The predicted octanol–water partition coefficient (Wildman–Crippen LogP) is 5.66. The number of hydrogen-bond donors (Lipinski definition) is 0. The van der Waals surface area contributed by atoms with Gasteiger partial charge in [-0.05, 0) is 55.9 Å². The molecule has 1 aliphatic carbocycles. The minimum Gasteiger partial charge on any atom is -0.242 e. The second kappa shape index (κ2) is 6.21. The number of hydrogen-bond acceptors (Lipinski definition) is 2. The monoisotopic (exact) mass is 277 g/mol. The van der Waals surface area contributed by atoms with E-state index < -0.39 is 0 Å². The number of aryl methyl sites for hydroxylation is 1. The van der Waals surface area contributed by atoms with Gasteiger partial charge >= 0.3 is 0 Å². The van der Waals surface area contributed by atoms with Crippen molar-refractivity contribution in [1.29, 1.82) is 0 Å². The maximum Gasteiger partial charge on any atom is 0.0904 e. The lowest BCUT2D eigenvalue weighted by atomic mass is 9.74. The summed E-state index contributed by atoms with van der Waals surface area (Å²) in [5.41, 5.74) is 1.25. The first-order valence-electron chi connectivity index (χ1n) is 7.63. The van der Waals surface area contributed by atoms with Gasteiger partial charge in [0.25, 0.3) is 0 Å². The van der Waals surface area contributed by atoms with Gasteiger partial charge in [-0.15, -0.1) is 11.3 Å². The van der Waals surface area contributed by atoms with E-state index >= 15 is 0 Å². The lowest BCUT2D eigenvalue weighted by Gasteiger charge is -2.33. The molecule has 1 saturated carbocycles. The summed E-state index contributed by atoms with van der Waals surface area (Å²) < 4.78 is 0. The van der Waals surface area contributed by atoms with E-state index in [-0.39, 0.29) is 0 Å². The minimum atomic E-state index is 0.752. The van der Waals surface area contributed by atoms with Gasteiger partial charge in [0, 0.05) is 4.88 Å². The van der Waals surface area contributed by atoms with Crippen molar-refractivity contribution < 1.29 is 0 Å². The molecule has 3 unspecified atom stereocenters. The average Bonchev–Trinajstić information content (AvgIpc) is 2.68. The van der Waals surface area contributed by atoms with Crippen LogP contribution < -0.4 is 0 Å². The second-order valence-electron chi connectivity index (χ2n) is 6.50. The second-order valence-corrected chi connectivity index (χ2v) is 7.74. The molecule has 1 nitrogen and oxygen atoms in total. The number of rotatable bonds is 5. The molecule has 106 valence electrons. The standard InChI is InChI=1S/C17H27NS/c1-11(2)12(3)7-6-8-16-17(19-14(5)18-16)15-10-9-13(15)4/h6,8,11-13,15H,7,9-10H2,1-5H3/b8-6-. The molecule has 1 heterocycles. The molecule has 2 rings (SSSR count). The molecule has 0 aromatic carbocycles. The Morgan fingerprint density at radius 3 is 2.58 bits per heavy atom. The van der Waals surface area contributed by atoms with Crippen molar-refractivity contribution in [3.63, 3.8) is 0 Å². The molecule has 19 heavy (non-hydrogen) atoms. The van der Waals surface area contributed by atoms with E-state index in [0.717, 1.165) is 30.1 Å². The van der Waals surface area contributed by atoms with E-state index in [1.807, 2.05) is 11.3 Å². The molecular weight excluding hydrogens is 250 g/mol. The van der Waals surface area contributed by atoms with Gasteiger partial charge in [0.1, 0.15) is 0 Å². The quantitative estimate of drug-likeness (QED) is 0.676. The van der Waals surface area contributed by atoms with E-state index in [1.54, 1.807) is 0 Å². The zero-order chi connectivity index (χ0) is 14.0. The summed E-state index contributed by atoms with van der Waals surface area (Å²) in [7, 11) is 0. The van der Waals surface area contributed by atoms with Gasteiger partial charge in [-0.1, -0.05) is 33.8 Å². The zero-order valence-electron chi connectivity index (χ0n) is 12.9. The molecule has 3 atom stereocenters. The summed E-state index contributed by atoms with van der Waals surface area (Å²) in [6, 6.07) is 0. The van der Waals surface area contributed by atoms with Gasteiger partial charge in [0.15, 0.2) is 0 Å². The van der Waals surface area contributed by atoms with Crippen molar-refractivity contribution in [2.24, 2.45) is 17.8 Å². The summed E-state index contributed by atoms with van der Waals surface area (Å²) in [5.74, 6) is 3.13. The van der Waals surface area contributed by atoms with E-state index in [9.17, 15) is 0 Å². The summed E-state index contributed by atoms with van der Waals surface area (Å²) in [6.45, 7) is 11.4. The number of nitrogens with zero attached hydrogens (tertiary/aromatic N) is 1. The summed E-state index contributed by atoms with van der Waals surface area (Å²) in [4.78, 5) is 6.25. The van der Waals surface area contributed by atoms with Gasteiger partial charge in [0.05, 0.1) is 10.7 Å². The van der Waals surface area contributed by atoms with Crippen LogP contribution in [0.4, 0.5) is 0 Å².